The van der Waals surface area contributed by atoms with Gasteiger partial charge in [-0.3, -0.25) is 19.3 Å². The van der Waals surface area contributed by atoms with Gasteiger partial charge in [-0.05, 0) is 48.7 Å². The van der Waals surface area contributed by atoms with Crippen molar-refractivity contribution in [3.8, 4) is 22.8 Å². The van der Waals surface area contributed by atoms with E-state index in [1.54, 1.807) is 22.0 Å². The number of hydrogen-bond donors (Lipinski definition) is 1. The smallest absolute Gasteiger partial charge is 0.242 e. The van der Waals surface area contributed by atoms with E-state index in [4.69, 9.17) is 5.10 Å². The molecule has 47 heavy (non-hydrogen) atoms. The van der Waals surface area contributed by atoms with Crippen LogP contribution in [0.5, 0.6) is 0 Å². The summed E-state index contributed by atoms with van der Waals surface area (Å²) in [6, 6.07) is 18.9. The van der Waals surface area contributed by atoms with Gasteiger partial charge in [0.2, 0.25) is 11.8 Å². The quantitative estimate of drug-likeness (QED) is 0.301. The molecule has 2 fully saturated rings. The molecular formula is C35H34FN9O2. The molecule has 0 bridgehead atoms. The highest BCUT2D eigenvalue weighted by Gasteiger charge is 2.54. The first-order chi connectivity index (χ1) is 22.9. The van der Waals surface area contributed by atoms with Gasteiger partial charge in [-0.2, -0.15) is 10.2 Å². The number of fused-ring (bicyclic) bond motifs is 1. The number of rotatable bonds is 6. The number of halogens is 1. The number of hydrogen-bond acceptors (Lipinski definition) is 7. The monoisotopic (exact) mass is 631 g/mol. The molecule has 2 saturated heterocycles. The van der Waals surface area contributed by atoms with Crippen molar-refractivity contribution >= 4 is 28.3 Å². The molecule has 2 amide bonds. The molecule has 2 atom stereocenters. The second-order valence-electron chi connectivity index (χ2n) is 12.6. The van der Waals surface area contributed by atoms with Crippen LogP contribution < -0.4 is 5.32 Å². The van der Waals surface area contributed by atoms with E-state index in [9.17, 15) is 14.0 Å². The van der Waals surface area contributed by atoms with Crippen LogP contribution in [0.3, 0.4) is 0 Å². The number of amides is 2. The summed E-state index contributed by atoms with van der Waals surface area (Å²) in [7, 11) is 1.84. The molecule has 3 aliphatic heterocycles. The highest BCUT2D eigenvalue weighted by atomic mass is 19.1. The van der Waals surface area contributed by atoms with Crippen LogP contribution in [0.25, 0.3) is 39.3 Å². The van der Waals surface area contributed by atoms with Crippen molar-refractivity contribution in [2.75, 3.05) is 32.7 Å². The van der Waals surface area contributed by atoms with Gasteiger partial charge in [-0.1, -0.05) is 48.5 Å². The SMILES string of the molecule is Cn1cnc(-c2ccc(C3=CCN(C(=O)CN4C(=O)C5(CCNC5)C[C@@H]4n4nc(-c5ccc(F)cn5)c5ccccc54)CC3)cc2)n1. The Hall–Kier alpha value is -5.23. The van der Waals surface area contributed by atoms with Crippen molar-refractivity contribution in [2.45, 2.75) is 25.4 Å². The minimum absolute atomic E-state index is 0.0161. The number of carbonyl (C=O) groups excluding carboxylic acids is 2. The molecular weight excluding hydrogens is 597 g/mol. The summed E-state index contributed by atoms with van der Waals surface area (Å²) in [6.07, 6.45) is 6.49. The van der Waals surface area contributed by atoms with Crippen LogP contribution in [0.15, 0.2) is 79.3 Å². The first-order valence-electron chi connectivity index (χ1n) is 15.9. The molecule has 238 valence electrons. The maximum Gasteiger partial charge on any atom is 0.242 e. The average Bonchev–Trinajstić information content (AvgIpc) is 3.90. The maximum atomic E-state index is 14.1. The lowest BCUT2D eigenvalue weighted by Gasteiger charge is -2.31. The Morgan fingerprint density at radius 3 is 2.57 bits per heavy atom. The van der Waals surface area contributed by atoms with Gasteiger partial charge in [0.1, 0.15) is 30.5 Å². The van der Waals surface area contributed by atoms with Crippen molar-refractivity contribution in [3.05, 3.63) is 90.6 Å². The van der Waals surface area contributed by atoms with Crippen LogP contribution >= 0.6 is 0 Å². The largest absolute Gasteiger partial charge is 0.337 e. The molecule has 12 heteroatoms. The summed E-state index contributed by atoms with van der Waals surface area (Å²) in [5.41, 5.74) is 4.66. The number of para-hydroxylation sites is 1. The normalized spacial score (nSPS) is 21.3. The summed E-state index contributed by atoms with van der Waals surface area (Å²) >= 11 is 0. The Balaban J connectivity index is 1.04. The van der Waals surface area contributed by atoms with Gasteiger partial charge in [0.25, 0.3) is 0 Å². The first kappa shape index (κ1) is 29.2. The number of likely N-dealkylation sites (tertiary alicyclic amines) is 1. The molecule has 11 nitrogen and oxygen atoms in total. The number of aryl methyl sites for hydroxylation is 1. The molecule has 5 aromatic rings. The van der Waals surface area contributed by atoms with E-state index in [1.165, 1.54) is 17.8 Å². The predicted octanol–water partition coefficient (Wildman–Crippen LogP) is 4.06. The summed E-state index contributed by atoms with van der Waals surface area (Å²) in [6.45, 7) is 2.34. The van der Waals surface area contributed by atoms with Gasteiger partial charge < -0.3 is 15.1 Å². The lowest BCUT2D eigenvalue weighted by molar-refractivity contribution is -0.143. The lowest BCUT2D eigenvalue weighted by atomic mass is 9.85. The maximum absolute atomic E-state index is 14.1. The van der Waals surface area contributed by atoms with Crippen molar-refractivity contribution in [1.82, 2.24) is 44.6 Å². The van der Waals surface area contributed by atoms with Crippen LogP contribution in [0.4, 0.5) is 4.39 Å². The number of nitrogens with zero attached hydrogens (tertiary/aromatic N) is 8. The highest BCUT2D eigenvalue weighted by Crippen LogP contribution is 2.46. The van der Waals surface area contributed by atoms with E-state index >= 15 is 0 Å². The average molecular weight is 632 g/mol. The number of carbonyl (C=O) groups is 2. The molecule has 3 aromatic heterocycles. The fourth-order valence-corrected chi connectivity index (χ4v) is 7.21. The minimum Gasteiger partial charge on any atom is -0.337 e. The van der Waals surface area contributed by atoms with Crippen LogP contribution in [-0.2, 0) is 16.6 Å². The molecule has 0 radical (unpaired) electrons. The van der Waals surface area contributed by atoms with Crippen LogP contribution in [0.1, 0.15) is 31.0 Å². The summed E-state index contributed by atoms with van der Waals surface area (Å²) in [4.78, 5) is 40.2. The number of aromatic nitrogens is 6. The molecule has 6 heterocycles. The Kier molecular flexibility index (Phi) is 7.16. The van der Waals surface area contributed by atoms with Gasteiger partial charge in [-0.25, -0.2) is 14.1 Å². The van der Waals surface area contributed by atoms with Crippen molar-refractivity contribution in [1.29, 1.82) is 0 Å². The van der Waals surface area contributed by atoms with E-state index in [0.29, 0.717) is 49.7 Å². The fraction of sp³-hybridized carbons (Fsp3) is 0.314. The van der Waals surface area contributed by atoms with Crippen molar-refractivity contribution in [2.24, 2.45) is 12.5 Å². The van der Waals surface area contributed by atoms with E-state index in [0.717, 1.165) is 35.0 Å². The van der Waals surface area contributed by atoms with E-state index in [-0.39, 0.29) is 18.4 Å². The van der Waals surface area contributed by atoms with Gasteiger partial charge in [0, 0.05) is 44.1 Å². The molecule has 1 spiro atoms. The van der Waals surface area contributed by atoms with Crippen molar-refractivity contribution < 1.29 is 14.0 Å². The third-order valence-electron chi connectivity index (χ3n) is 9.74. The zero-order valence-corrected chi connectivity index (χ0v) is 26.0. The number of benzene rings is 2. The zero-order valence-electron chi connectivity index (χ0n) is 26.0. The standard InChI is InChI=1S/C35H34FN9O2/c1-42-22-39-33(41-42)25-8-6-23(7-9-25)24-12-16-43(17-13-24)31(46)20-44-30(18-35(34(44)47)14-15-37-21-35)45-29-5-3-2-4-27(29)32(40-45)28-11-10-26(36)19-38-28/h2-12,19,22,30,37H,13-18,20-21H2,1H3/t30-,35?/m0/s1. The van der Waals surface area contributed by atoms with E-state index in [1.807, 2.05) is 53.0 Å². The highest BCUT2D eigenvalue weighted by molar-refractivity contribution is 5.94. The minimum atomic E-state index is -0.585. The predicted molar refractivity (Wildman–Crippen MR) is 174 cm³/mol. The van der Waals surface area contributed by atoms with Gasteiger partial charge in [0.15, 0.2) is 5.82 Å². The van der Waals surface area contributed by atoms with E-state index < -0.39 is 17.4 Å². The molecule has 0 aliphatic carbocycles. The second kappa shape index (κ2) is 11.5. The van der Waals surface area contributed by atoms with Gasteiger partial charge >= 0.3 is 0 Å². The van der Waals surface area contributed by atoms with Gasteiger partial charge in [-0.15, -0.1) is 0 Å². The Morgan fingerprint density at radius 1 is 1.04 bits per heavy atom. The van der Waals surface area contributed by atoms with Crippen LogP contribution in [0, 0.1) is 11.2 Å². The third-order valence-corrected chi connectivity index (χ3v) is 9.74. The number of nitrogens with one attached hydrogen (secondary N) is 1. The van der Waals surface area contributed by atoms with Gasteiger partial charge in [0.05, 0.1) is 22.8 Å². The third kappa shape index (κ3) is 5.18. The lowest BCUT2D eigenvalue weighted by Crippen LogP contribution is -2.46. The topological polar surface area (TPSA) is 114 Å². The second-order valence-corrected chi connectivity index (χ2v) is 12.6. The number of pyridine rings is 1. The van der Waals surface area contributed by atoms with Crippen LogP contribution in [-0.4, -0.2) is 83.9 Å². The van der Waals surface area contributed by atoms with E-state index in [2.05, 4.69) is 38.6 Å². The molecule has 3 aliphatic rings. The molecule has 0 saturated carbocycles. The van der Waals surface area contributed by atoms with Crippen LogP contribution in [0.2, 0.25) is 0 Å². The summed E-state index contributed by atoms with van der Waals surface area (Å²) in [5, 5.41) is 13.6. The summed E-state index contributed by atoms with van der Waals surface area (Å²) < 4.78 is 17.3. The summed E-state index contributed by atoms with van der Waals surface area (Å²) in [5.74, 6) is 0.160. The van der Waals surface area contributed by atoms with Crippen molar-refractivity contribution in [3.63, 3.8) is 0 Å². The molecule has 1 N–H and O–H groups in total. The Morgan fingerprint density at radius 2 is 1.87 bits per heavy atom. The fourth-order valence-electron chi connectivity index (χ4n) is 7.21. The Bertz CT molecular complexity index is 2010. The molecule has 1 unspecified atom stereocenters. The molecule has 2 aromatic carbocycles. The Labute approximate surface area is 270 Å². The first-order valence-corrected chi connectivity index (χ1v) is 15.9. The zero-order chi connectivity index (χ0) is 32.1. The molecule has 8 rings (SSSR count).